The third-order valence-electron chi connectivity index (χ3n) is 4.72. The molecule has 0 radical (unpaired) electrons. The van der Waals surface area contributed by atoms with Crippen molar-refractivity contribution in [2.75, 3.05) is 28.4 Å². The van der Waals surface area contributed by atoms with Crippen LogP contribution in [0.5, 0.6) is 23.1 Å². The molecule has 3 heterocycles. The second-order valence-electron chi connectivity index (χ2n) is 6.33. The number of hydrogen-bond acceptors (Lipinski definition) is 7. The number of aromatic amines is 1. The lowest BCUT2D eigenvalue weighted by atomic mass is 10.2. The van der Waals surface area contributed by atoms with Crippen LogP contribution in [0.2, 0.25) is 0 Å². The molecule has 3 aromatic heterocycles. The maximum absolute atomic E-state index is 12.8. The number of nitrogens with one attached hydrogen (secondary N) is 1. The van der Waals surface area contributed by atoms with E-state index in [1.165, 1.54) is 25.9 Å². The number of hydrogen-bond donors (Lipinski definition) is 1. The lowest BCUT2D eigenvalue weighted by Gasteiger charge is -2.14. The van der Waals surface area contributed by atoms with Gasteiger partial charge in [0.15, 0.2) is 11.5 Å². The van der Waals surface area contributed by atoms with Crippen molar-refractivity contribution in [1.29, 1.82) is 0 Å². The van der Waals surface area contributed by atoms with E-state index < -0.39 is 0 Å². The van der Waals surface area contributed by atoms with Gasteiger partial charge in [-0.1, -0.05) is 0 Å². The molecule has 0 aliphatic heterocycles. The standard InChI is InChI=1S/C21H20N4O5/c1-27-17-7-13(8-18(28-2)20(17)30-4)25-16-9-14(22-11-15(16)24-21(25)26)12-5-6-19(29-3)23-10-12/h5-11H,1-4H3,(H,24,26). The van der Waals surface area contributed by atoms with E-state index in [1.807, 2.05) is 12.1 Å². The minimum absolute atomic E-state index is 0.314. The third kappa shape index (κ3) is 3.20. The highest BCUT2D eigenvalue weighted by Gasteiger charge is 2.18. The molecular weight excluding hydrogens is 388 g/mol. The number of nitrogens with zero attached hydrogens (tertiary/aromatic N) is 3. The maximum atomic E-state index is 12.8. The van der Waals surface area contributed by atoms with Gasteiger partial charge in [-0.05, 0) is 12.1 Å². The molecule has 154 valence electrons. The number of methoxy groups -OCH3 is 4. The molecule has 0 bridgehead atoms. The van der Waals surface area contributed by atoms with Crippen molar-refractivity contribution in [1.82, 2.24) is 19.5 Å². The van der Waals surface area contributed by atoms with Crippen molar-refractivity contribution in [3.63, 3.8) is 0 Å². The Bertz CT molecular complexity index is 1240. The smallest absolute Gasteiger partial charge is 0.331 e. The molecule has 1 N–H and O–H groups in total. The minimum Gasteiger partial charge on any atom is -0.493 e. The molecule has 0 fully saturated rings. The Labute approximate surface area is 171 Å². The van der Waals surface area contributed by atoms with E-state index in [0.29, 0.717) is 45.5 Å². The summed E-state index contributed by atoms with van der Waals surface area (Å²) in [5, 5.41) is 0. The van der Waals surface area contributed by atoms with Crippen LogP contribution in [-0.2, 0) is 0 Å². The molecule has 0 spiro atoms. The minimum atomic E-state index is -0.314. The predicted molar refractivity (Wildman–Crippen MR) is 111 cm³/mol. The van der Waals surface area contributed by atoms with Gasteiger partial charge in [-0.3, -0.25) is 9.55 Å². The van der Waals surface area contributed by atoms with Gasteiger partial charge in [-0.25, -0.2) is 9.78 Å². The van der Waals surface area contributed by atoms with Gasteiger partial charge >= 0.3 is 5.69 Å². The van der Waals surface area contributed by atoms with Crippen LogP contribution in [0.4, 0.5) is 0 Å². The molecule has 9 nitrogen and oxygen atoms in total. The average Bonchev–Trinajstić information content (AvgIpc) is 3.12. The van der Waals surface area contributed by atoms with Crippen LogP contribution >= 0.6 is 0 Å². The molecular formula is C21H20N4O5. The SMILES string of the molecule is COc1ccc(-c2cc3c(cn2)[nH]c(=O)n3-c2cc(OC)c(OC)c(OC)c2)cn1. The van der Waals surface area contributed by atoms with Crippen molar-refractivity contribution in [3.05, 3.63) is 53.2 Å². The van der Waals surface area contributed by atoms with E-state index in [1.54, 1.807) is 37.7 Å². The number of H-pyrrole nitrogens is 1. The summed E-state index contributed by atoms with van der Waals surface area (Å²) in [4.78, 5) is 24.2. The van der Waals surface area contributed by atoms with Crippen molar-refractivity contribution in [3.8, 4) is 40.1 Å². The molecule has 0 amide bonds. The fraction of sp³-hybridized carbons (Fsp3) is 0.190. The van der Waals surface area contributed by atoms with Gasteiger partial charge < -0.3 is 23.9 Å². The van der Waals surface area contributed by atoms with E-state index in [0.717, 1.165) is 5.56 Å². The Morgan fingerprint density at radius 3 is 2.17 bits per heavy atom. The first-order valence-corrected chi connectivity index (χ1v) is 9.01. The van der Waals surface area contributed by atoms with Crippen LogP contribution in [0.25, 0.3) is 28.0 Å². The lowest BCUT2D eigenvalue weighted by Crippen LogP contribution is -2.15. The molecule has 0 saturated heterocycles. The first-order chi connectivity index (χ1) is 14.6. The molecule has 0 aliphatic rings. The molecule has 0 atom stereocenters. The first kappa shape index (κ1) is 19.3. The van der Waals surface area contributed by atoms with Gasteiger partial charge in [0, 0.05) is 30.0 Å². The molecule has 1 aromatic carbocycles. The summed E-state index contributed by atoms with van der Waals surface area (Å²) in [7, 11) is 6.14. The average molecular weight is 408 g/mol. The summed E-state index contributed by atoms with van der Waals surface area (Å²) in [5.74, 6) is 1.85. The zero-order valence-electron chi connectivity index (χ0n) is 16.9. The monoisotopic (exact) mass is 408 g/mol. The Balaban J connectivity index is 1.91. The lowest BCUT2D eigenvalue weighted by molar-refractivity contribution is 0.324. The first-order valence-electron chi connectivity index (χ1n) is 9.01. The van der Waals surface area contributed by atoms with Crippen LogP contribution in [0.15, 0.2) is 47.5 Å². The summed E-state index contributed by atoms with van der Waals surface area (Å²) in [6, 6.07) is 8.86. The maximum Gasteiger partial charge on any atom is 0.331 e. The highest BCUT2D eigenvalue weighted by atomic mass is 16.5. The molecule has 0 saturated carbocycles. The van der Waals surface area contributed by atoms with E-state index in [9.17, 15) is 4.79 Å². The second kappa shape index (κ2) is 7.78. The van der Waals surface area contributed by atoms with Gasteiger partial charge in [0.1, 0.15) is 0 Å². The van der Waals surface area contributed by atoms with Crippen molar-refractivity contribution < 1.29 is 18.9 Å². The van der Waals surface area contributed by atoms with Crippen LogP contribution in [0.3, 0.4) is 0 Å². The van der Waals surface area contributed by atoms with E-state index in [-0.39, 0.29) is 5.69 Å². The summed E-state index contributed by atoms with van der Waals surface area (Å²) in [5.41, 5.74) is 2.95. The van der Waals surface area contributed by atoms with Gasteiger partial charge in [0.05, 0.1) is 57.1 Å². The van der Waals surface area contributed by atoms with Gasteiger partial charge in [0.2, 0.25) is 11.6 Å². The van der Waals surface area contributed by atoms with E-state index >= 15 is 0 Å². The van der Waals surface area contributed by atoms with Crippen molar-refractivity contribution >= 4 is 11.0 Å². The topological polar surface area (TPSA) is 100 Å². The van der Waals surface area contributed by atoms with Crippen LogP contribution in [-0.4, -0.2) is 48.0 Å². The Kier molecular flexibility index (Phi) is 5.01. The van der Waals surface area contributed by atoms with Crippen LogP contribution < -0.4 is 24.6 Å². The Morgan fingerprint density at radius 1 is 0.867 bits per heavy atom. The summed E-state index contributed by atoms with van der Waals surface area (Å²) in [6.45, 7) is 0. The van der Waals surface area contributed by atoms with Crippen molar-refractivity contribution in [2.45, 2.75) is 0 Å². The number of rotatable bonds is 6. The Hall–Kier alpha value is -4.01. The Morgan fingerprint density at radius 2 is 1.60 bits per heavy atom. The van der Waals surface area contributed by atoms with Crippen molar-refractivity contribution in [2.24, 2.45) is 0 Å². The zero-order valence-corrected chi connectivity index (χ0v) is 16.9. The summed E-state index contributed by atoms with van der Waals surface area (Å²) < 4.78 is 22.8. The number of imidazole rings is 1. The molecule has 30 heavy (non-hydrogen) atoms. The van der Waals surface area contributed by atoms with Gasteiger partial charge in [-0.15, -0.1) is 0 Å². The largest absolute Gasteiger partial charge is 0.493 e. The number of pyridine rings is 2. The fourth-order valence-corrected chi connectivity index (χ4v) is 3.27. The van der Waals surface area contributed by atoms with Gasteiger partial charge in [0.25, 0.3) is 0 Å². The molecule has 4 aromatic rings. The molecule has 0 unspecified atom stereocenters. The molecule has 9 heteroatoms. The summed E-state index contributed by atoms with van der Waals surface area (Å²) in [6.07, 6.45) is 3.28. The van der Waals surface area contributed by atoms with Gasteiger partial charge in [-0.2, -0.15) is 0 Å². The second-order valence-corrected chi connectivity index (χ2v) is 6.33. The zero-order chi connectivity index (χ0) is 21.3. The quantitative estimate of drug-likeness (QED) is 0.524. The van der Waals surface area contributed by atoms with E-state index in [4.69, 9.17) is 18.9 Å². The molecule has 0 aliphatic carbocycles. The number of fused-ring (bicyclic) bond motifs is 1. The van der Waals surface area contributed by atoms with Crippen LogP contribution in [0, 0.1) is 0 Å². The predicted octanol–water partition coefficient (Wildman–Crippen LogP) is 2.81. The fourth-order valence-electron chi connectivity index (χ4n) is 3.27. The third-order valence-corrected chi connectivity index (χ3v) is 4.72. The number of benzene rings is 1. The summed E-state index contributed by atoms with van der Waals surface area (Å²) >= 11 is 0. The number of ether oxygens (including phenoxy) is 4. The van der Waals surface area contributed by atoms with E-state index in [2.05, 4.69) is 15.0 Å². The van der Waals surface area contributed by atoms with Crippen LogP contribution in [0.1, 0.15) is 0 Å². The highest BCUT2D eigenvalue weighted by Crippen LogP contribution is 2.39. The number of aromatic nitrogens is 4. The molecule has 4 rings (SSSR count). The normalized spacial score (nSPS) is 10.8. The highest BCUT2D eigenvalue weighted by molar-refractivity contribution is 5.81.